The minimum atomic E-state index is -3.73. The van der Waals surface area contributed by atoms with Crippen LogP contribution in [0.1, 0.15) is 31.4 Å². The van der Waals surface area contributed by atoms with E-state index in [0.717, 1.165) is 12.1 Å². The third-order valence-electron chi connectivity index (χ3n) is 5.67. The van der Waals surface area contributed by atoms with E-state index < -0.39 is 45.4 Å². The zero-order valence-corrected chi connectivity index (χ0v) is 19.7. The number of nitrogens with zero attached hydrogens (tertiary/aromatic N) is 1. The minimum Gasteiger partial charge on any atom is -0.494 e. The number of likely N-dealkylation sites (N-methyl/N-ethyl adjacent to an activating group) is 1. The SMILES string of the molecule is CCOc1ccc(S(=O)(=O)N2CCC(C(=O)NC(C(=O)NC)c3ccc(F)c(F)c3)CC2)cc1. The van der Waals surface area contributed by atoms with Crippen LogP contribution >= 0.6 is 0 Å². The monoisotopic (exact) mass is 495 g/mol. The fourth-order valence-corrected chi connectivity index (χ4v) is 5.25. The van der Waals surface area contributed by atoms with Crippen LogP contribution in [0.4, 0.5) is 8.78 Å². The number of nitrogens with one attached hydrogen (secondary N) is 2. The number of amides is 2. The summed E-state index contributed by atoms with van der Waals surface area (Å²) in [4.78, 5) is 25.3. The third kappa shape index (κ3) is 5.71. The van der Waals surface area contributed by atoms with Gasteiger partial charge in [-0.3, -0.25) is 9.59 Å². The molecular formula is C23H27F2N3O5S. The van der Waals surface area contributed by atoms with E-state index in [1.807, 2.05) is 6.92 Å². The van der Waals surface area contributed by atoms with Gasteiger partial charge < -0.3 is 15.4 Å². The zero-order chi connectivity index (χ0) is 24.9. The van der Waals surface area contributed by atoms with E-state index in [1.165, 1.54) is 29.6 Å². The summed E-state index contributed by atoms with van der Waals surface area (Å²) in [6.07, 6.45) is 0.501. The highest BCUT2D eigenvalue weighted by Crippen LogP contribution is 2.26. The number of ether oxygens (including phenoxy) is 1. The van der Waals surface area contributed by atoms with Crippen molar-refractivity contribution in [1.29, 1.82) is 0 Å². The summed E-state index contributed by atoms with van der Waals surface area (Å²) in [7, 11) is -2.36. The molecule has 0 aliphatic carbocycles. The molecule has 2 aromatic rings. The predicted molar refractivity (Wildman–Crippen MR) is 120 cm³/mol. The standard InChI is InChI=1S/C23H27F2N3O5S/c1-3-33-17-5-7-18(8-6-17)34(31,32)28-12-10-15(11-13-28)22(29)27-21(23(30)26-2)16-4-9-19(24)20(25)14-16/h4-9,14-15,21H,3,10-13H2,1-2H3,(H,26,30)(H,27,29). The van der Waals surface area contributed by atoms with Gasteiger partial charge in [-0.15, -0.1) is 0 Å². The van der Waals surface area contributed by atoms with E-state index in [-0.39, 0.29) is 36.4 Å². The van der Waals surface area contributed by atoms with E-state index >= 15 is 0 Å². The van der Waals surface area contributed by atoms with Gasteiger partial charge in [-0.25, -0.2) is 17.2 Å². The molecule has 34 heavy (non-hydrogen) atoms. The Hall–Kier alpha value is -3.05. The van der Waals surface area contributed by atoms with Gasteiger partial charge in [0.15, 0.2) is 11.6 Å². The van der Waals surface area contributed by atoms with E-state index in [9.17, 15) is 26.8 Å². The Balaban J connectivity index is 1.65. The topological polar surface area (TPSA) is 105 Å². The lowest BCUT2D eigenvalue weighted by Crippen LogP contribution is -2.46. The van der Waals surface area contributed by atoms with Crippen LogP contribution in [0.5, 0.6) is 5.75 Å². The largest absolute Gasteiger partial charge is 0.494 e. The average Bonchev–Trinajstić information content (AvgIpc) is 2.84. The first-order valence-corrected chi connectivity index (χ1v) is 12.3. The lowest BCUT2D eigenvalue weighted by atomic mass is 9.96. The molecule has 2 aromatic carbocycles. The first-order valence-electron chi connectivity index (χ1n) is 10.9. The van der Waals surface area contributed by atoms with Gasteiger partial charge in [0, 0.05) is 26.1 Å². The van der Waals surface area contributed by atoms with Crippen molar-refractivity contribution in [3.05, 3.63) is 59.7 Å². The first kappa shape index (κ1) is 25.6. The zero-order valence-electron chi connectivity index (χ0n) is 18.9. The predicted octanol–water partition coefficient (Wildman–Crippen LogP) is 2.37. The number of hydrogen-bond acceptors (Lipinski definition) is 5. The van der Waals surface area contributed by atoms with E-state index in [1.54, 1.807) is 12.1 Å². The highest BCUT2D eigenvalue weighted by atomic mass is 32.2. The Kier molecular flexibility index (Phi) is 8.21. The quantitative estimate of drug-likeness (QED) is 0.585. The summed E-state index contributed by atoms with van der Waals surface area (Å²) in [5.74, 6) is -3.21. The van der Waals surface area contributed by atoms with Crippen molar-refractivity contribution in [2.75, 3.05) is 26.7 Å². The summed E-state index contributed by atoms with van der Waals surface area (Å²) in [5, 5.41) is 4.98. The summed E-state index contributed by atoms with van der Waals surface area (Å²) in [6.45, 7) is 2.56. The molecule has 1 fully saturated rings. The van der Waals surface area contributed by atoms with Gasteiger partial charge in [0.25, 0.3) is 0 Å². The number of sulfonamides is 1. The first-order chi connectivity index (χ1) is 16.2. The Bertz CT molecular complexity index is 1130. The summed E-state index contributed by atoms with van der Waals surface area (Å²) in [6, 6.07) is 7.91. The average molecular weight is 496 g/mol. The summed E-state index contributed by atoms with van der Waals surface area (Å²) < 4.78 is 59.5. The number of halogens is 2. The maximum absolute atomic E-state index is 13.7. The molecular weight excluding hydrogens is 468 g/mol. The van der Waals surface area contributed by atoms with Crippen LogP contribution in [0, 0.1) is 17.6 Å². The molecule has 1 unspecified atom stereocenters. The second-order valence-corrected chi connectivity index (χ2v) is 9.75. The van der Waals surface area contributed by atoms with Crippen molar-refractivity contribution < 1.29 is 31.5 Å². The molecule has 0 bridgehead atoms. The summed E-state index contributed by atoms with van der Waals surface area (Å²) in [5.41, 5.74) is 0.0992. The van der Waals surface area contributed by atoms with Crippen molar-refractivity contribution >= 4 is 21.8 Å². The van der Waals surface area contributed by atoms with Gasteiger partial charge in [0.2, 0.25) is 21.8 Å². The van der Waals surface area contributed by atoms with Crippen LogP contribution in [-0.2, 0) is 19.6 Å². The van der Waals surface area contributed by atoms with Gasteiger partial charge in [-0.2, -0.15) is 4.31 Å². The minimum absolute atomic E-state index is 0.0992. The number of piperidine rings is 1. The Labute approximate surface area is 197 Å². The molecule has 1 heterocycles. The molecule has 184 valence electrons. The molecule has 0 aromatic heterocycles. The van der Waals surface area contributed by atoms with Gasteiger partial charge in [0.05, 0.1) is 11.5 Å². The molecule has 1 aliphatic rings. The maximum Gasteiger partial charge on any atom is 0.246 e. The van der Waals surface area contributed by atoms with Crippen LogP contribution in [0.3, 0.4) is 0 Å². The smallest absolute Gasteiger partial charge is 0.246 e. The fraction of sp³-hybridized carbons (Fsp3) is 0.391. The normalized spacial score (nSPS) is 16.0. The van der Waals surface area contributed by atoms with Gasteiger partial charge in [-0.1, -0.05) is 6.07 Å². The summed E-state index contributed by atoms with van der Waals surface area (Å²) >= 11 is 0. The van der Waals surface area contributed by atoms with Crippen molar-refractivity contribution in [3.8, 4) is 5.75 Å². The Morgan fingerprint density at radius 1 is 1.09 bits per heavy atom. The van der Waals surface area contributed by atoms with Crippen LogP contribution in [-0.4, -0.2) is 51.3 Å². The van der Waals surface area contributed by atoms with E-state index in [4.69, 9.17) is 4.74 Å². The molecule has 0 spiro atoms. The number of rotatable bonds is 8. The molecule has 0 radical (unpaired) electrons. The molecule has 1 atom stereocenters. The lowest BCUT2D eigenvalue weighted by molar-refractivity contribution is -0.131. The molecule has 1 saturated heterocycles. The number of carbonyl (C=O) groups is 2. The molecule has 11 heteroatoms. The second-order valence-electron chi connectivity index (χ2n) is 7.81. The van der Waals surface area contributed by atoms with Gasteiger partial charge in [-0.05, 0) is 61.7 Å². The number of benzene rings is 2. The number of hydrogen-bond donors (Lipinski definition) is 2. The van der Waals surface area contributed by atoms with Crippen molar-refractivity contribution in [2.24, 2.45) is 5.92 Å². The maximum atomic E-state index is 13.7. The molecule has 3 rings (SSSR count). The highest BCUT2D eigenvalue weighted by molar-refractivity contribution is 7.89. The Morgan fingerprint density at radius 2 is 1.74 bits per heavy atom. The fourth-order valence-electron chi connectivity index (χ4n) is 3.78. The van der Waals surface area contributed by atoms with Crippen LogP contribution < -0.4 is 15.4 Å². The van der Waals surface area contributed by atoms with Crippen LogP contribution in [0.2, 0.25) is 0 Å². The molecule has 8 nitrogen and oxygen atoms in total. The molecule has 2 amide bonds. The van der Waals surface area contributed by atoms with Crippen LogP contribution in [0.15, 0.2) is 47.4 Å². The van der Waals surface area contributed by atoms with Crippen LogP contribution in [0.25, 0.3) is 0 Å². The van der Waals surface area contributed by atoms with E-state index in [0.29, 0.717) is 12.4 Å². The third-order valence-corrected chi connectivity index (χ3v) is 7.58. The van der Waals surface area contributed by atoms with Crippen molar-refractivity contribution in [3.63, 3.8) is 0 Å². The molecule has 1 aliphatic heterocycles. The Morgan fingerprint density at radius 3 is 2.29 bits per heavy atom. The van der Waals surface area contributed by atoms with Crippen molar-refractivity contribution in [1.82, 2.24) is 14.9 Å². The van der Waals surface area contributed by atoms with E-state index in [2.05, 4.69) is 10.6 Å². The van der Waals surface area contributed by atoms with Gasteiger partial charge >= 0.3 is 0 Å². The molecule has 0 saturated carbocycles. The molecule has 2 N–H and O–H groups in total. The number of carbonyl (C=O) groups excluding carboxylic acids is 2. The highest BCUT2D eigenvalue weighted by Gasteiger charge is 2.34. The second kappa shape index (κ2) is 10.9. The van der Waals surface area contributed by atoms with Gasteiger partial charge in [0.1, 0.15) is 11.8 Å². The lowest BCUT2D eigenvalue weighted by Gasteiger charge is -2.31. The van der Waals surface area contributed by atoms with Crippen molar-refractivity contribution in [2.45, 2.75) is 30.7 Å².